The SMILES string of the molecule is CCCCCCCCCCCC(=O)N(CC)CC(=O)[O-].[Na+]. The van der Waals surface area contributed by atoms with Crippen LogP contribution in [-0.2, 0) is 9.59 Å². The Morgan fingerprint density at radius 3 is 1.76 bits per heavy atom. The van der Waals surface area contributed by atoms with Crippen molar-refractivity contribution >= 4 is 11.9 Å². The van der Waals surface area contributed by atoms with Crippen LogP contribution in [0.5, 0.6) is 0 Å². The molecule has 21 heavy (non-hydrogen) atoms. The first-order chi connectivity index (χ1) is 9.61. The van der Waals surface area contributed by atoms with E-state index in [0.29, 0.717) is 13.0 Å². The molecule has 0 bridgehead atoms. The number of hydrogen-bond donors (Lipinski definition) is 0. The molecule has 0 aromatic heterocycles. The quantitative estimate of drug-likeness (QED) is 0.341. The molecule has 0 rings (SSSR count). The molecule has 0 aliphatic carbocycles. The maximum atomic E-state index is 11.8. The van der Waals surface area contributed by atoms with Gasteiger partial charge < -0.3 is 14.8 Å². The molecule has 0 radical (unpaired) electrons. The van der Waals surface area contributed by atoms with Crippen LogP contribution in [-0.4, -0.2) is 29.9 Å². The van der Waals surface area contributed by atoms with E-state index in [0.717, 1.165) is 12.8 Å². The van der Waals surface area contributed by atoms with Crippen LogP contribution in [0.4, 0.5) is 0 Å². The zero-order chi connectivity index (χ0) is 15.2. The number of unbranched alkanes of at least 4 members (excludes halogenated alkanes) is 8. The van der Waals surface area contributed by atoms with Crippen molar-refractivity contribution in [2.75, 3.05) is 13.1 Å². The average Bonchev–Trinajstić information content (AvgIpc) is 2.42. The van der Waals surface area contributed by atoms with Gasteiger partial charge in [0.15, 0.2) is 0 Å². The Kier molecular flexibility index (Phi) is 18.0. The van der Waals surface area contributed by atoms with E-state index in [9.17, 15) is 14.7 Å². The smallest absolute Gasteiger partial charge is 0.548 e. The van der Waals surface area contributed by atoms with Crippen molar-refractivity contribution in [1.82, 2.24) is 4.90 Å². The first kappa shape index (κ1) is 23.2. The van der Waals surface area contributed by atoms with Gasteiger partial charge in [0.05, 0.1) is 12.5 Å². The van der Waals surface area contributed by atoms with E-state index in [1.54, 1.807) is 6.92 Å². The van der Waals surface area contributed by atoms with Gasteiger partial charge >= 0.3 is 29.6 Å². The molecule has 0 fully saturated rings. The van der Waals surface area contributed by atoms with Gasteiger partial charge in [-0.3, -0.25) is 4.79 Å². The molecule has 0 aliphatic rings. The summed E-state index contributed by atoms with van der Waals surface area (Å²) in [6, 6.07) is 0. The van der Waals surface area contributed by atoms with Crippen molar-refractivity contribution in [3.63, 3.8) is 0 Å². The van der Waals surface area contributed by atoms with E-state index in [1.165, 1.54) is 49.8 Å². The number of likely N-dealkylation sites (N-methyl/N-ethyl adjacent to an activating group) is 1. The molecule has 0 unspecified atom stereocenters. The van der Waals surface area contributed by atoms with E-state index in [-0.39, 0.29) is 42.0 Å². The predicted octanol–water partition coefficient (Wildman–Crippen LogP) is -0.490. The second kappa shape index (κ2) is 16.3. The molecular weight excluding hydrogens is 277 g/mol. The van der Waals surface area contributed by atoms with Gasteiger partial charge in [0.2, 0.25) is 5.91 Å². The molecule has 4 nitrogen and oxygen atoms in total. The van der Waals surface area contributed by atoms with Crippen LogP contribution in [0.1, 0.15) is 78.1 Å². The molecule has 0 aliphatic heterocycles. The summed E-state index contributed by atoms with van der Waals surface area (Å²) < 4.78 is 0. The number of carbonyl (C=O) groups excluding carboxylic acids is 2. The zero-order valence-corrected chi connectivity index (χ0v) is 16.2. The molecule has 1 amide bonds. The largest absolute Gasteiger partial charge is 1.00 e. The Hall–Kier alpha value is -0.0600. The molecule has 0 N–H and O–H groups in total. The molecule has 0 saturated heterocycles. The number of rotatable bonds is 13. The van der Waals surface area contributed by atoms with E-state index >= 15 is 0 Å². The van der Waals surface area contributed by atoms with Gasteiger partial charge in [0, 0.05) is 13.0 Å². The van der Waals surface area contributed by atoms with Gasteiger partial charge in [-0.05, 0) is 13.3 Å². The van der Waals surface area contributed by atoms with Crippen LogP contribution in [0.2, 0.25) is 0 Å². The van der Waals surface area contributed by atoms with Crippen molar-refractivity contribution < 1.29 is 44.3 Å². The Morgan fingerprint density at radius 1 is 0.857 bits per heavy atom. The van der Waals surface area contributed by atoms with Crippen molar-refractivity contribution in [2.24, 2.45) is 0 Å². The van der Waals surface area contributed by atoms with Gasteiger partial charge in [-0.1, -0.05) is 58.3 Å². The Balaban J connectivity index is 0. The third-order valence-electron chi connectivity index (χ3n) is 3.55. The molecule has 0 aromatic rings. The van der Waals surface area contributed by atoms with Crippen molar-refractivity contribution in [1.29, 1.82) is 0 Å². The number of hydrogen-bond acceptors (Lipinski definition) is 3. The maximum Gasteiger partial charge on any atom is 1.00 e. The van der Waals surface area contributed by atoms with Gasteiger partial charge in [0.25, 0.3) is 0 Å². The molecular formula is C16H30NNaO3. The number of aliphatic carboxylic acids is 1. The monoisotopic (exact) mass is 307 g/mol. The summed E-state index contributed by atoms with van der Waals surface area (Å²) in [5.74, 6) is -1.26. The van der Waals surface area contributed by atoms with Crippen molar-refractivity contribution in [3.8, 4) is 0 Å². The second-order valence-corrected chi connectivity index (χ2v) is 5.36. The van der Waals surface area contributed by atoms with Gasteiger partial charge in [-0.15, -0.1) is 0 Å². The third kappa shape index (κ3) is 14.6. The summed E-state index contributed by atoms with van der Waals surface area (Å²) >= 11 is 0. The van der Waals surface area contributed by atoms with E-state index in [2.05, 4.69) is 6.92 Å². The number of amides is 1. The number of nitrogens with zero attached hydrogens (tertiary/aromatic N) is 1. The molecule has 118 valence electrons. The topological polar surface area (TPSA) is 60.4 Å². The standard InChI is InChI=1S/C16H31NO3.Na/c1-3-5-6-7-8-9-10-11-12-13-15(18)17(4-2)14-16(19)20;/h3-14H2,1-2H3,(H,19,20);/q;+1/p-1. The van der Waals surface area contributed by atoms with Crippen LogP contribution < -0.4 is 34.7 Å². The van der Waals surface area contributed by atoms with Crippen LogP contribution in [0.3, 0.4) is 0 Å². The first-order valence-corrected chi connectivity index (χ1v) is 8.09. The minimum atomic E-state index is -1.19. The molecule has 0 atom stereocenters. The maximum absolute atomic E-state index is 11.8. The fourth-order valence-electron chi connectivity index (χ4n) is 2.28. The van der Waals surface area contributed by atoms with Gasteiger partial charge in [-0.25, -0.2) is 0 Å². The van der Waals surface area contributed by atoms with Crippen molar-refractivity contribution in [3.05, 3.63) is 0 Å². The van der Waals surface area contributed by atoms with Gasteiger partial charge in [0.1, 0.15) is 0 Å². The zero-order valence-electron chi connectivity index (χ0n) is 14.2. The fraction of sp³-hybridized carbons (Fsp3) is 0.875. The molecule has 5 heteroatoms. The minimum absolute atomic E-state index is 0. The third-order valence-corrected chi connectivity index (χ3v) is 3.55. The summed E-state index contributed by atoms with van der Waals surface area (Å²) in [6.45, 7) is 4.16. The van der Waals surface area contributed by atoms with Crippen LogP contribution in [0, 0.1) is 0 Å². The van der Waals surface area contributed by atoms with E-state index < -0.39 is 5.97 Å². The summed E-state index contributed by atoms with van der Waals surface area (Å²) in [4.78, 5) is 23.6. The molecule has 0 spiro atoms. The number of carboxylic acids is 1. The number of carbonyl (C=O) groups is 2. The molecule has 0 heterocycles. The predicted molar refractivity (Wildman–Crippen MR) is 79.1 cm³/mol. The normalized spacial score (nSPS) is 10.0. The van der Waals surface area contributed by atoms with Crippen LogP contribution in [0.25, 0.3) is 0 Å². The number of carboxylic acid groups (broad SMARTS) is 1. The van der Waals surface area contributed by atoms with Crippen molar-refractivity contribution in [2.45, 2.75) is 78.1 Å². The van der Waals surface area contributed by atoms with E-state index in [4.69, 9.17) is 0 Å². The minimum Gasteiger partial charge on any atom is -0.548 e. The summed E-state index contributed by atoms with van der Waals surface area (Å²) in [5.41, 5.74) is 0. The summed E-state index contributed by atoms with van der Waals surface area (Å²) in [5, 5.41) is 10.5. The fourth-order valence-corrected chi connectivity index (χ4v) is 2.28. The average molecular weight is 307 g/mol. The molecule has 0 saturated carbocycles. The Labute approximate surface area is 152 Å². The summed E-state index contributed by atoms with van der Waals surface area (Å²) in [6.07, 6.45) is 11.4. The Bertz CT molecular complexity index is 272. The second-order valence-electron chi connectivity index (χ2n) is 5.36. The summed E-state index contributed by atoms with van der Waals surface area (Å²) in [7, 11) is 0. The van der Waals surface area contributed by atoms with Crippen LogP contribution in [0.15, 0.2) is 0 Å². The molecule has 0 aromatic carbocycles. The first-order valence-electron chi connectivity index (χ1n) is 8.09. The Morgan fingerprint density at radius 2 is 1.33 bits per heavy atom. The van der Waals surface area contributed by atoms with Crippen LogP contribution >= 0.6 is 0 Å². The van der Waals surface area contributed by atoms with Gasteiger partial charge in [-0.2, -0.15) is 0 Å². The van der Waals surface area contributed by atoms with E-state index in [1.807, 2.05) is 0 Å².